The van der Waals surface area contributed by atoms with Gasteiger partial charge in [0.2, 0.25) is 10.0 Å². The van der Waals surface area contributed by atoms with E-state index in [-0.39, 0.29) is 11.4 Å². The van der Waals surface area contributed by atoms with Crippen LogP contribution in [-0.4, -0.2) is 35.5 Å². The van der Waals surface area contributed by atoms with Crippen LogP contribution in [0.1, 0.15) is 5.56 Å². The third kappa shape index (κ3) is 5.39. The van der Waals surface area contributed by atoms with Crippen LogP contribution in [0.5, 0.6) is 0 Å². The monoisotopic (exact) mass is 484 g/mol. The first-order valence-corrected chi connectivity index (χ1v) is 12.8. The van der Waals surface area contributed by atoms with Crippen molar-refractivity contribution >= 4 is 33.4 Å². The lowest BCUT2D eigenvalue weighted by atomic mass is 10.2. The van der Waals surface area contributed by atoms with E-state index in [1.54, 1.807) is 30.3 Å². The van der Waals surface area contributed by atoms with E-state index >= 15 is 0 Å². The van der Waals surface area contributed by atoms with Gasteiger partial charge in [-0.3, -0.25) is 4.57 Å². The van der Waals surface area contributed by atoms with Gasteiger partial charge in [0.15, 0.2) is 11.0 Å². The van der Waals surface area contributed by atoms with E-state index < -0.39 is 10.0 Å². The third-order valence-electron chi connectivity index (χ3n) is 4.69. The number of nitrogens with zero attached hydrogens (tertiary/aromatic N) is 3. The van der Waals surface area contributed by atoms with Gasteiger partial charge in [0.1, 0.15) is 0 Å². The van der Waals surface area contributed by atoms with E-state index in [0.29, 0.717) is 28.3 Å². The van der Waals surface area contributed by atoms with Gasteiger partial charge < -0.3 is 0 Å². The van der Waals surface area contributed by atoms with Gasteiger partial charge in [-0.25, -0.2) is 13.1 Å². The standard InChI is InChI=1S/C23H21ClN4O2S2/c24-21-14-8-7-13-20(21)22-26-27-23(28(22)17-18-9-3-1-4-10-18)31-16-15-25-32(29,30)19-11-5-2-6-12-19/h1-14,25H,15-17H2. The van der Waals surface area contributed by atoms with Gasteiger partial charge in [0.25, 0.3) is 0 Å². The maximum absolute atomic E-state index is 12.4. The molecule has 0 bridgehead atoms. The summed E-state index contributed by atoms with van der Waals surface area (Å²) in [5.74, 6) is 1.17. The molecular formula is C23H21ClN4O2S2. The Morgan fingerprint density at radius 3 is 2.25 bits per heavy atom. The van der Waals surface area contributed by atoms with Crippen LogP contribution in [0, 0.1) is 0 Å². The second kappa shape index (κ2) is 10.3. The first-order valence-electron chi connectivity index (χ1n) is 9.94. The van der Waals surface area contributed by atoms with E-state index in [1.165, 1.54) is 11.8 Å². The summed E-state index contributed by atoms with van der Waals surface area (Å²) >= 11 is 7.86. The Labute approximate surface area is 196 Å². The van der Waals surface area contributed by atoms with Crippen molar-refractivity contribution in [1.82, 2.24) is 19.5 Å². The molecule has 0 radical (unpaired) electrons. The van der Waals surface area contributed by atoms with Crippen molar-refractivity contribution < 1.29 is 8.42 Å². The Bertz CT molecular complexity index is 1280. The zero-order chi connectivity index (χ0) is 22.4. The summed E-state index contributed by atoms with van der Waals surface area (Å²) in [5.41, 5.74) is 1.90. The van der Waals surface area contributed by atoms with Crippen LogP contribution in [0.4, 0.5) is 0 Å². The number of sulfonamides is 1. The van der Waals surface area contributed by atoms with Crippen LogP contribution in [0.15, 0.2) is 95.0 Å². The van der Waals surface area contributed by atoms with Crippen molar-refractivity contribution in [2.75, 3.05) is 12.3 Å². The highest BCUT2D eigenvalue weighted by Gasteiger charge is 2.18. The summed E-state index contributed by atoms with van der Waals surface area (Å²) in [6.07, 6.45) is 0. The first kappa shape index (κ1) is 22.5. The van der Waals surface area contributed by atoms with Crippen LogP contribution in [0.25, 0.3) is 11.4 Å². The largest absolute Gasteiger partial charge is 0.298 e. The Balaban J connectivity index is 1.51. The fourth-order valence-electron chi connectivity index (χ4n) is 3.15. The lowest BCUT2D eigenvalue weighted by molar-refractivity contribution is 0.584. The predicted octanol–water partition coefficient (Wildman–Crippen LogP) is 4.72. The van der Waals surface area contributed by atoms with Crippen molar-refractivity contribution in [3.05, 3.63) is 95.5 Å². The molecule has 9 heteroatoms. The van der Waals surface area contributed by atoms with E-state index in [9.17, 15) is 8.42 Å². The number of aromatic nitrogens is 3. The lowest BCUT2D eigenvalue weighted by Gasteiger charge is -2.11. The minimum Gasteiger partial charge on any atom is -0.298 e. The van der Waals surface area contributed by atoms with Crippen molar-refractivity contribution in [2.45, 2.75) is 16.6 Å². The first-order chi connectivity index (χ1) is 15.5. The predicted molar refractivity (Wildman–Crippen MR) is 128 cm³/mol. The van der Waals surface area contributed by atoms with Gasteiger partial charge in [-0.15, -0.1) is 10.2 Å². The van der Waals surface area contributed by atoms with Gasteiger partial charge in [0.05, 0.1) is 16.5 Å². The van der Waals surface area contributed by atoms with Crippen LogP contribution in [0.3, 0.4) is 0 Å². The van der Waals surface area contributed by atoms with E-state index in [0.717, 1.165) is 11.1 Å². The minimum atomic E-state index is -3.54. The van der Waals surface area contributed by atoms with Crippen molar-refractivity contribution in [2.24, 2.45) is 0 Å². The molecule has 4 rings (SSSR count). The Morgan fingerprint density at radius 2 is 1.53 bits per heavy atom. The number of hydrogen-bond donors (Lipinski definition) is 1. The molecule has 0 aliphatic carbocycles. The molecule has 0 amide bonds. The summed E-state index contributed by atoms with van der Waals surface area (Å²) in [5, 5.41) is 10.0. The molecule has 3 aromatic carbocycles. The fourth-order valence-corrected chi connectivity index (χ4v) is 5.34. The molecule has 1 heterocycles. The smallest absolute Gasteiger partial charge is 0.240 e. The third-order valence-corrected chi connectivity index (χ3v) is 7.47. The Kier molecular flexibility index (Phi) is 7.26. The number of rotatable bonds is 9. The lowest BCUT2D eigenvalue weighted by Crippen LogP contribution is -2.26. The molecule has 1 aromatic heterocycles. The van der Waals surface area contributed by atoms with Crippen LogP contribution in [-0.2, 0) is 16.6 Å². The van der Waals surface area contributed by atoms with Crippen LogP contribution >= 0.6 is 23.4 Å². The highest BCUT2D eigenvalue weighted by molar-refractivity contribution is 7.99. The molecule has 0 saturated carbocycles. The molecule has 0 aliphatic heterocycles. The molecule has 0 atom stereocenters. The van der Waals surface area contributed by atoms with Gasteiger partial charge >= 0.3 is 0 Å². The zero-order valence-electron chi connectivity index (χ0n) is 17.1. The summed E-state index contributed by atoms with van der Waals surface area (Å²) in [4.78, 5) is 0.248. The second-order valence-corrected chi connectivity index (χ2v) is 10.2. The van der Waals surface area contributed by atoms with Gasteiger partial charge in [0, 0.05) is 17.9 Å². The normalized spacial score (nSPS) is 11.5. The van der Waals surface area contributed by atoms with Crippen molar-refractivity contribution in [3.63, 3.8) is 0 Å². The molecule has 1 N–H and O–H groups in total. The number of hydrogen-bond acceptors (Lipinski definition) is 5. The summed E-state index contributed by atoms with van der Waals surface area (Å²) in [7, 11) is -3.54. The average Bonchev–Trinajstić information content (AvgIpc) is 3.20. The molecule has 32 heavy (non-hydrogen) atoms. The molecule has 0 aliphatic rings. The molecular weight excluding hydrogens is 464 g/mol. The maximum atomic E-state index is 12.4. The van der Waals surface area contributed by atoms with E-state index in [1.807, 2.05) is 59.2 Å². The molecule has 164 valence electrons. The van der Waals surface area contributed by atoms with Gasteiger partial charge in [-0.05, 0) is 29.8 Å². The Hall–Kier alpha value is -2.65. The highest BCUT2D eigenvalue weighted by atomic mass is 35.5. The highest BCUT2D eigenvalue weighted by Crippen LogP contribution is 2.30. The van der Waals surface area contributed by atoms with Crippen molar-refractivity contribution in [3.8, 4) is 11.4 Å². The molecule has 0 fully saturated rings. The molecule has 0 unspecified atom stereocenters. The SMILES string of the molecule is O=S(=O)(NCCSc1nnc(-c2ccccc2Cl)n1Cc1ccccc1)c1ccccc1. The Morgan fingerprint density at radius 1 is 0.875 bits per heavy atom. The van der Waals surface area contributed by atoms with E-state index in [2.05, 4.69) is 14.9 Å². The molecule has 0 spiro atoms. The van der Waals surface area contributed by atoms with Gasteiger partial charge in [-0.2, -0.15) is 0 Å². The summed E-state index contributed by atoms with van der Waals surface area (Å²) < 4.78 is 29.5. The molecule has 6 nitrogen and oxygen atoms in total. The van der Waals surface area contributed by atoms with Crippen LogP contribution in [0.2, 0.25) is 5.02 Å². The quantitative estimate of drug-likeness (QED) is 0.275. The topological polar surface area (TPSA) is 76.9 Å². The number of halogens is 1. The van der Waals surface area contributed by atoms with Crippen LogP contribution < -0.4 is 4.72 Å². The molecule has 0 saturated heterocycles. The van der Waals surface area contributed by atoms with Crippen molar-refractivity contribution in [1.29, 1.82) is 0 Å². The summed E-state index contributed by atoms with van der Waals surface area (Å²) in [6, 6.07) is 25.9. The average molecular weight is 485 g/mol. The van der Waals surface area contributed by atoms with E-state index in [4.69, 9.17) is 11.6 Å². The number of benzene rings is 3. The maximum Gasteiger partial charge on any atom is 0.240 e. The zero-order valence-corrected chi connectivity index (χ0v) is 19.4. The number of thioether (sulfide) groups is 1. The second-order valence-electron chi connectivity index (χ2n) is 6.92. The minimum absolute atomic E-state index is 0.248. The summed E-state index contributed by atoms with van der Waals surface area (Å²) in [6.45, 7) is 0.841. The molecule has 4 aromatic rings. The number of nitrogens with one attached hydrogen (secondary N) is 1. The van der Waals surface area contributed by atoms with Gasteiger partial charge in [-0.1, -0.05) is 84.0 Å². The fraction of sp³-hybridized carbons (Fsp3) is 0.130.